The smallest absolute Gasteiger partial charge is 0.257 e. The molecule has 0 radical (unpaired) electrons. The van der Waals surface area contributed by atoms with Crippen LogP contribution in [0.4, 0.5) is 0 Å². The highest BCUT2D eigenvalue weighted by Crippen LogP contribution is 2.09. The molecule has 0 atom stereocenters. The fourth-order valence-corrected chi connectivity index (χ4v) is 1.87. The number of carbonyl (C=O) groups is 2. The van der Waals surface area contributed by atoms with Gasteiger partial charge in [-0.15, -0.1) is 0 Å². The molecule has 5 nitrogen and oxygen atoms in total. The van der Waals surface area contributed by atoms with Crippen molar-refractivity contribution >= 4 is 11.8 Å². The molecule has 0 spiro atoms. The first-order chi connectivity index (χ1) is 9.54. The quantitative estimate of drug-likeness (QED) is 0.794. The van der Waals surface area contributed by atoms with Crippen LogP contribution in [0.3, 0.4) is 0 Å². The lowest BCUT2D eigenvalue weighted by molar-refractivity contribution is -0.121. The number of hydrogen-bond acceptors (Lipinski definition) is 3. The summed E-state index contributed by atoms with van der Waals surface area (Å²) in [6.07, 6.45) is 4.16. The fourth-order valence-electron chi connectivity index (χ4n) is 1.87. The Bertz CT molecular complexity index is 413. The molecule has 0 saturated carbocycles. The predicted molar refractivity (Wildman–Crippen MR) is 77.4 cm³/mol. The van der Waals surface area contributed by atoms with E-state index in [0.717, 1.165) is 6.42 Å². The fraction of sp³-hybridized carbons (Fsp3) is 0.600. The minimum absolute atomic E-state index is 0.0133. The summed E-state index contributed by atoms with van der Waals surface area (Å²) < 4.78 is 4.94. The molecule has 0 bridgehead atoms. The first-order valence-electron chi connectivity index (χ1n) is 7.12. The van der Waals surface area contributed by atoms with Gasteiger partial charge in [0.1, 0.15) is 6.26 Å². The van der Waals surface area contributed by atoms with E-state index in [1.165, 1.54) is 12.5 Å². The number of rotatable bonds is 8. The molecule has 20 heavy (non-hydrogen) atoms. The van der Waals surface area contributed by atoms with Gasteiger partial charge in [-0.1, -0.05) is 20.8 Å². The predicted octanol–water partition coefficient (Wildman–Crippen LogP) is 2.29. The van der Waals surface area contributed by atoms with Crippen molar-refractivity contribution in [1.82, 2.24) is 10.2 Å². The van der Waals surface area contributed by atoms with Crippen LogP contribution in [0, 0.1) is 5.92 Å². The second kappa shape index (κ2) is 8.40. The molecule has 0 saturated heterocycles. The summed E-state index contributed by atoms with van der Waals surface area (Å²) in [7, 11) is 0. The first-order valence-corrected chi connectivity index (χ1v) is 7.12. The van der Waals surface area contributed by atoms with Crippen molar-refractivity contribution in [2.45, 2.75) is 33.6 Å². The zero-order valence-electron chi connectivity index (χ0n) is 12.5. The van der Waals surface area contributed by atoms with Crippen molar-refractivity contribution in [3.05, 3.63) is 24.2 Å². The maximum absolute atomic E-state index is 12.3. The highest BCUT2D eigenvalue weighted by molar-refractivity contribution is 5.94. The minimum atomic E-state index is -0.0873. The van der Waals surface area contributed by atoms with Crippen molar-refractivity contribution in [2.24, 2.45) is 5.92 Å². The van der Waals surface area contributed by atoms with E-state index in [1.54, 1.807) is 11.0 Å². The van der Waals surface area contributed by atoms with Crippen LogP contribution < -0.4 is 5.32 Å². The van der Waals surface area contributed by atoms with Gasteiger partial charge in [-0.05, 0) is 18.4 Å². The van der Waals surface area contributed by atoms with E-state index < -0.39 is 0 Å². The summed E-state index contributed by atoms with van der Waals surface area (Å²) in [5.74, 6) is 0.251. The van der Waals surface area contributed by atoms with Gasteiger partial charge in [-0.25, -0.2) is 0 Å². The Labute approximate surface area is 120 Å². The van der Waals surface area contributed by atoms with Crippen LogP contribution in [0.5, 0.6) is 0 Å². The van der Waals surface area contributed by atoms with E-state index >= 15 is 0 Å². The van der Waals surface area contributed by atoms with E-state index in [-0.39, 0.29) is 11.8 Å². The van der Waals surface area contributed by atoms with Gasteiger partial charge in [-0.3, -0.25) is 9.59 Å². The van der Waals surface area contributed by atoms with E-state index in [1.807, 2.05) is 20.8 Å². The topological polar surface area (TPSA) is 62.6 Å². The molecular formula is C15H24N2O3. The standard InChI is InChI=1S/C15H24N2O3/c1-4-7-16-14(18)5-8-17(10-12(2)3)15(19)13-6-9-20-11-13/h6,9,11-12H,4-5,7-8,10H2,1-3H3,(H,16,18). The van der Waals surface area contributed by atoms with Crippen LogP contribution in [-0.2, 0) is 4.79 Å². The molecule has 0 aromatic carbocycles. The molecule has 1 N–H and O–H groups in total. The highest BCUT2D eigenvalue weighted by atomic mass is 16.3. The van der Waals surface area contributed by atoms with Gasteiger partial charge in [0.2, 0.25) is 5.91 Å². The average Bonchev–Trinajstić information content (AvgIpc) is 2.93. The SMILES string of the molecule is CCCNC(=O)CCN(CC(C)C)C(=O)c1ccoc1. The van der Waals surface area contributed by atoms with E-state index in [0.29, 0.717) is 37.5 Å². The van der Waals surface area contributed by atoms with E-state index in [9.17, 15) is 9.59 Å². The Morgan fingerprint density at radius 3 is 2.70 bits per heavy atom. The number of carbonyl (C=O) groups excluding carboxylic acids is 2. The van der Waals surface area contributed by atoms with Crippen LogP contribution in [0.2, 0.25) is 0 Å². The summed E-state index contributed by atoms with van der Waals surface area (Å²) in [5.41, 5.74) is 0.527. The summed E-state index contributed by atoms with van der Waals surface area (Å²) in [6, 6.07) is 1.65. The third kappa shape index (κ3) is 5.47. The van der Waals surface area contributed by atoms with Crippen LogP contribution in [0.15, 0.2) is 23.0 Å². The lowest BCUT2D eigenvalue weighted by atomic mass is 10.1. The molecular weight excluding hydrogens is 256 g/mol. The molecule has 1 aromatic heterocycles. The minimum Gasteiger partial charge on any atom is -0.472 e. The zero-order chi connectivity index (χ0) is 15.0. The summed E-state index contributed by atoms with van der Waals surface area (Å²) in [6.45, 7) is 7.84. The van der Waals surface area contributed by atoms with Crippen molar-refractivity contribution < 1.29 is 14.0 Å². The molecule has 0 aliphatic carbocycles. The lowest BCUT2D eigenvalue weighted by Gasteiger charge is -2.23. The first kappa shape index (κ1) is 16.3. The van der Waals surface area contributed by atoms with Crippen molar-refractivity contribution in [2.75, 3.05) is 19.6 Å². The molecule has 1 aromatic rings. The maximum atomic E-state index is 12.3. The van der Waals surface area contributed by atoms with Gasteiger partial charge in [0.25, 0.3) is 5.91 Å². The molecule has 0 aliphatic rings. The Morgan fingerprint density at radius 1 is 1.40 bits per heavy atom. The summed E-state index contributed by atoms with van der Waals surface area (Å²) in [5, 5.41) is 2.82. The third-order valence-corrected chi connectivity index (χ3v) is 2.82. The van der Waals surface area contributed by atoms with Gasteiger partial charge >= 0.3 is 0 Å². The van der Waals surface area contributed by atoms with Crippen molar-refractivity contribution in [3.8, 4) is 0 Å². The Balaban J connectivity index is 2.56. The Hall–Kier alpha value is -1.78. The van der Waals surface area contributed by atoms with Crippen LogP contribution >= 0.6 is 0 Å². The number of furan rings is 1. The van der Waals surface area contributed by atoms with Gasteiger partial charge in [-0.2, -0.15) is 0 Å². The van der Waals surface area contributed by atoms with Gasteiger partial charge in [0, 0.05) is 26.1 Å². The molecule has 0 aliphatic heterocycles. The number of hydrogen-bond donors (Lipinski definition) is 1. The van der Waals surface area contributed by atoms with Crippen LogP contribution in [-0.4, -0.2) is 36.3 Å². The second-order valence-corrected chi connectivity index (χ2v) is 5.26. The normalized spacial score (nSPS) is 10.6. The van der Waals surface area contributed by atoms with Gasteiger partial charge in [0.15, 0.2) is 0 Å². The molecule has 112 valence electrons. The lowest BCUT2D eigenvalue weighted by Crippen LogP contribution is -2.37. The number of nitrogens with zero attached hydrogens (tertiary/aromatic N) is 1. The summed E-state index contributed by atoms with van der Waals surface area (Å²) in [4.78, 5) is 25.6. The zero-order valence-corrected chi connectivity index (χ0v) is 12.5. The Morgan fingerprint density at radius 2 is 2.15 bits per heavy atom. The van der Waals surface area contributed by atoms with Gasteiger partial charge < -0.3 is 14.6 Å². The number of amides is 2. The van der Waals surface area contributed by atoms with Crippen LogP contribution in [0.1, 0.15) is 44.0 Å². The van der Waals surface area contributed by atoms with E-state index in [2.05, 4.69) is 5.32 Å². The maximum Gasteiger partial charge on any atom is 0.257 e. The second-order valence-electron chi connectivity index (χ2n) is 5.26. The van der Waals surface area contributed by atoms with Crippen molar-refractivity contribution in [3.63, 3.8) is 0 Å². The third-order valence-electron chi connectivity index (χ3n) is 2.82. The summed E-state index contributed by atoms with van der Waals surface area (Å²) >= 11 is 0. The molecule has 5 heteroatoms. The van der Waals surface area contributed by atoms with E-state index in [4.69, 9.17) is 4.42 Å². The average molecular weight is 280 g/mol. The molecule has 2 amide bonds. The highest BCUT2D eigenvalue weighted by Gasteiger charge is 2.18. The monoisotopic (exact) mass is 280 g/mol. The van der Waals surface area contributed by atoms with Gasteiger partial charge in [0.05, 0.1) is 11.8 Å². The molecule has 0 unspecified atom stereocenters. The molecule has 1 rings (SSSR count). The Kier molecular flexibility index (Phi) is 6.84. The van der Waals surface area contributed by atoms with Crippen LogP contribution in [0.25, 0.3) is 0 Å². The molecule has 0 fully saturated rings. The molecule has 1 heterocycles. The number of nitrogens with one attached hydrogen (secondary N) is 1. The largest absolute Gasteiger partial charge is 0.472 e. The van der Waals surface area contributed by atoms with Crippen molar-refractivity contribution in [1.29, 1.82) is 0 Å².